The van der Waals surface area contributed by atoms with Gasteiger partial charge in [-0.05, 0) is 24.1 Å². The van der Waals surface area contributed by atoms with Crippen LogP contribution in [-0.2, 0) is 22.5 Å². The number of ether oxygens (including phenoxy) is 1. The Bertz CT molecular complexity index is 959. The Morgan fingerprint density at radius 3 is 2.45 bits per heavy atom. The van der Waals surface area contributed by atoms with E-state index in [1.165, 1.54) is 17.3 Å². The van der Waals surface area contributed by atoms with Gasteiger partial charge in [-0.3, -0.25) is 14.3 Å². The van der Waals surface area contributed by atoms with Crippen LogP contribution in [-0.4, -0.2) is 64.2 Å². The number of nitrogens with zero attached hydrogens (tertiary/aromatic N) is 4. The molecule has 1 aromatic heterocycles. The topological polar surface area (TPSA) is 72.3 Å². The number of hydrogen-bond acceptors (Lipinski definition) is 6. The van der Waals surface area contributed by atoms with E-state index in [4.69, 9.17) is 4.74 Å². The highest BCUT2D eigenvalue weighted by atomic mass is 32.2. The highest BCUT2D eigenvalue weighted by molar-refractivity contribution is 7.99. The summed E-state index contributed by atoms with van der Waals surface area (Å²) in [6.07, 6.45) is 0.821. The third kappa shape index (κ3) is 6.16. The smallest absolute Gasteiger partial charge is 0.230 e. The van der Waals surface area contributed by atoms with E-state index in [1.54, 1.807) is 0 Å². The van der Waals surface area contributed by atoms with E-state index in [0.717, 1.165) is 49.4 Å². The maximum absolute atomic E-state index is 12.4. The largest absolute Gasteiger partial charge is 0.379 e. The fourth-order valence-corrected chi connectivity index (χ4v) is 4.26. The molecule has 3 aromatic rings. The Hall–Kier alpha value is -2.68. The van der Waals surface area contributed by atoms with Crippen LogP contribution in [0, 0.1) is 0 Å². The van der Waals surface area contributed by atoms with Crippen LogP contribution in [0.1, 0.15) is 11.4 Å². The van der Waals surface area contributed by atoms with E-state index in [-0.39, 0.29) is 5.91 Å². The fourth-order valence-electron chi connectivity index (χ4n) is 3.46. The monoisotopic (exact) mass is 437 g/mol. The Morgan fingerprint density at radius 2 is 1.71 bits per heavy atom. The second-order valence-electron chi connectivity index (χ2n) is 7.33. The predicted molar refractivity (Wildman–Crippen MR) is 121 cm³/mol. The quantitative estimate of drug-likeness (QED) is 0.519. The van der Waals surface area contributed by atoms with Gasteiger partial charge in [0.25, 0.3) is 0 Å². The molecule has 0 unspecified atom stereocenters. The van der Waals surface area contributed by atoms with E-state index in [2.05, 4.69) is 37.1 Å². The zero-order valence-corrected chi connectivity index (χ0v) is 18.3. The van der Waals surface area contributed by atoms with Gasteiger partial charge in [0.2, 0.25) is 5.91 Å². The first-order valence-corrected chi connectivity index (χ1v) is 11.5. The highest BCUT2D eigenvalue weighted by Crippen LogP contribution is 2.23. The molecule has 0 saturated carbocycles. The molecule has 0 atom stereocenters. The number of para-hydroxylation sites is 1. The fraction of sp³-hybridized carbons (Fsp3) is 0.348. The molecule has 31 heavy (non-hydrogen) atoms. The lowest BCUT2D eigenvalue weighted by Crippen LogP contribution is -2.36. The third-order valence-electron chi connectivity index (χ3n) is 5.09. The maximum Gasteiger partial charge on any atom is 0.230 e. The zero-order chi connectivity index (χ0) is 21.3. The molecule has 7 nitrogen and oxygen atoms in total. The first-order valence-electron chi connectivity index (χ1n) is 10.5. The molecule has 1 amide bonds. The lowest BCUT2D eigenvalue weighted by Gasteiger charge is -2.26. The average Bonchev–Trinajstić information content (AvgIpc) is 3.22. The third-order valence-corrected chi connectivity index (χ3v) is 6.02. The van der Waals surface area contributed by atoms with Crippen LogP contribution in [0.15, 0.2) is 65.8 Å². The molecule has 8 heteroatoms. The second-order valence-corrected chi connectivity index (χ2v) is 8.28. The summed E-state index contributed by atoms with van der Waals surface area (Å²) in [5, 5.41) is 12.6. The molecule has 0 radical (unpaired) electrons. The summed E-state index contributed by atoms with van der Waals surface area (Å²) in [5.74, 6) is 1.18. The van der Waals surface area contributed by atoms with Gasteiger partial charge in [-0.1, -0.05) is 60.3 Å². The number of nitrogens with one attached hydrogen (secondary N) is 1. The van der Waals surface area contributed by atoms with Gasteiger partial charge in [-0.15, -0.1) is 10.2 Å². The van der Waals surface area contributed by atoms with E-state index >= 15 is 0 Å². The molecule has 1 aliphatic heterocycles. The van der Waals surface area contributed by atoms with Crippen molar-refractivity contribution in [1.82, 2.24) is 25.0 Å². The molecule has 1 saturated heterocycles. The molecular formula is C23H27N5O2S. The molecule has 1 fully saturated rings. The number of thioether (sulfide) groups is 1. The summed E-state index contributed by atoms with van der Waals surface area (Å²) < 4.78 is 7.50. The Morgan fingerprint density at radius 1 is 1.00 bits per heavy atom. The minimum absolute atomic E-state index is 0.00160. The van der Waals surface area contributed by atoms with Gasteiger partial charge in [0.1, 0.15) is 0 Å². The molecule has 162 valence electrons. The highest BCUT2D eigenvalue weighted by Gasteiger charge is 2.19. The van der Waals surface area contributed by atoms with Gasteiger partial charge in [0.15, 0.2) is 11.0 Å². The predicted octanol–water partition coefficient (Wildman–Crippen LogP) is 2.55. The summed E-state index contributed by atoms with van der Waals surface area (Å²) in [6, 6.07) is 20.2. The van der Waals surface area contributed by atoms with Crippen molar-refractivity contribution in [3.05, 3.63) is 72.1 Å². The van der Waals surface area contributed by atoms with Crippen LogP contribution in [0.25, 0.3) is 5.69 Å². The van der Waals surface area contributed by atoms with Gasteiger partial charge >= 0.3 is 0 Å². The summed E-state index contributed by atoms with van der Waals surface area (Å²) in [6.45, 7) is 4.57. The molecule has 2 aromatic carbocycles. The first-order chi connectivity index (χ1) is 15.3. The molecule has 2 heterocycles. The van der Waals surface area contributed by atoms with Crippen molar-refractivity contribution in [2.45, 2.75) is 18.1 Å². The maximum atomic E-state index is 12.4. The number of carbonyl (C=O) groups excluding carboxylic acids is 1. The van der Waals surface area contributed by atoms with Crippen molar-refractivity contribution in [2.75, 3.05) is 38.6 Å². The van der Waals surface area contributed by atoms with Crippen molar-refractivity contribution in [2.24, 2.45) is 0 Å². The van der Waals surface area contributed by atoms with Crippen molar-refractivity contribution >= 4 is 17.7 Å². The van der Waals surface area contributed by atoms with Gasteiger partial charge in [-0.2, -0.15) is 0 Å². The van der Waals surface area contributed by atoms with Crippen LogP contribution >= 0.6 is 11.8 Å². The molecular weight excluding hydrogens is 410 g/mol. The normalized spacial score (nSPS) is 14.5. The Balaban J connectivity index is 1.38. The summed E-state index contributed by atoms with van der Waals surface area (Å²) in [5.41, 5.74) is 2.22. The number of morpholine rings is 1. The second kappa shape index (κ2) is 11.1. The van der Waals surface area contributed by atoms with Crippen molar-refractivity contribution in [3.8, 4) is 5.69 Å². The average molecular weight is 438 g/mol. The van der Waals surface area contributed by atoms with E-state index in [9.17, 15) is 4.79 Å². The van der Waals surface area contributed by atoms with Gasteiger partial charge in [0, 0.05) is 25.3 Å². The minimum Gasteiger partial charge on any atom is -0.379 e. The number of aromatic nitrogens is 3. The van der Waals surface area contributed by atoms with Crippen LogP contribution in [0.5, 0.6) is 0 Å². The molecule has 0 aliphatic carbocycles. The molecule has 0 spiro atoms. The van der Waals surface area contributed by atoms with Crippen molar-refractivity contribution in [3.63, 3.8) is 0 Å². The standard InChI is InChI=1S/C23H27N5O2S/c29-22(24-12-11-19-7-3-1-4-8-19)18-31-23-26-25-21(17-27-13-15-30-16-14-27)28(23)20-9-5-2-6-10-20/h1-10H,11-18H2,(H,24,29). The summed E-state index contributed by atoms with van der Waals surface area (Å²) in [4.78, 5) is 14.7. The SMILES string of the molecule is O=C(CSc1nnc(CN2CCOCC2)n1-c1ccccc1)NCCc1ccccc1. The lowest BCUT2D eigenvalue weighted by atomic mass is 10.1. The Labute approximate surface area is 186 Å². The number of rotatable bonds is 9. The first kappa shape index (κ1) is 21.5. The number of carbonyl (C=O) groups is 1. The van der Waals surface area contributed by atoms with Gasteiger partial charge in [-0.25, -0.2) is 0 Å². The van der Waals surface area contributed by atoms with Gasteiger partial charge in [0.05, 0.1) is 25.5 Å². The van der Waals surface area contributed by atoms with Crippen molar-refractivity contribution in [1.29, 1.82) is 0 Å². The molecule has 1 N–H and O–H groups in total. The van der Waals surface area contributed by atoms with Crippen LogP contribution in [0.3, 0.4) is 0 Å². The molecule has 1 aliphatic rings. The molecule has 4 rings (SSSR count). The van der Waals surface area contributed by atoms with Crippen molar-refractivity contribution < 1.29 is 9.53 Å². The number of benzene rings is 2. The molecule has 0 bridgehead atoms. The van der Waals surface area contributed by atoms with Crippen LogP contribution in [0.2, 0.25) is 0 Å². The number of amides is 1. The zero-order valence-electron chi connectivity index (χ0n) is 17.4. The minimum atomic E-state index is -0.00160. The van der Waals surface area contributed by atoms with Crippen LogP contribution in [0.4, 0.5) is 0 Å². The summed E-state index contributed by atoms with van der Waals surface area (Å²) in [7, 11) is 0. The Kier molecular flexibility index (Phi) is 7.71. The van der Waals surface area contributed by atoms with E-state index in [0.29, 0.717) is 18.8 Å². The summed E-state index contributed by atoms with van der Waals surface area (Å²) >= 11 is 1.41. The lowest BCUT2D eigenvalue weighted by molar-refractivity contribution is -0.118. The number of hydrogen-bond donors (Lipinski definition) is 1. The van der Waals surface area contributed by atoms with E-state index in [1.807, 2.05) is 48.5 Å². The van der Waals surface area contributed by atoms with Crippen LogP contribution < -0.4 is 5.32 Å². The van der Waals surface area contributed by atoms with E-state index < -0.39 is 0 Å². The van der Waals surface area contributed by atoms with Gasteiger partial charge < -0.3 is 10.1 Å².